The Labute approximate surface area is 322 Å². The monoisotopic (exact) mass is 768 g/mol. The lowest BCUT2D eigenvalue weighted by Gasteiger charge is -2.20. The third-order valence-corrected chi connectivity index (χ3v) is 9.21. The maximum Gasteiger partial charge on any atom is 0.472 e. The van der Waals surface area contributed by atoms with Crippen LogP contribution in [0.4, 0.5) is 0 Å². The van der Waals surface area contributed by atoms with Crippen LogP contribution in [0, 0.1) is 0 Å². The molecule has 0 fully saturated rings. The van der Waals surface area contributed by atoms with Crippen molar-refractivity contribution in [3.63, 3.8) is 0 Å². The molecule has 0 radical (unpaired) electrons. The van der Waals surface area contributed by atoms with Crippen molar-refractivity contribution in [1.29, 1.82) is 0 Å². The van der Waals surface area contributed by atoms with Gasteiger partial charge >= 0.3 is 19.8 Å². The summed E-state index contributed by atoms with van der Waals surface area (Å²) in [6.45, 7) is 3.65. The van der Waals surface area contributed by atoms with Crippen molar-refractivity contribution in [2.75, 3.05) is 26.4 Å². The van der Waals surface area contributed by atoms with Gasteiger partial charge in [-0.05, 0) is 70.6 Å². The number of phosphoric acid groups is 1. The minimum atomic E-state index is -4.62. The molecule has 0 spiro atoms. The van der Waals surface area contributed by atoms with E-state index in [1.165, 1.54) is 38.5 Å². The summed E-state index contributed by atoms with van der Waals surface area (Å²) >= 11 is 0. The second-order valence-electron chi connectivity index (χ2n) is 13.4. The molecule has 0 saturated heterocycles. The van der Waals surface area contributed by atoms with Gasteiger partial charge in [0.1, 0.15) is 12.1 Å². The van der Waals surface area contributed by atoms with Crippen LogP contribution < -0.4 is 5.73 Å². The van der Waals surface area contributed by atoms with Gasteiger partial charge in [-0.1, -0.05) is 139 Å². The van der Waals surface area contributed by atoms with Crippen LogP contribution in [0.15, 0.2) is 60.8 Å². The van der Waals surface area contributed by atoms with Crippen LogP contribution in [-0.2, 0) is 32.7 Å². The molecule has 0 rings (SSSR count). The number of rotatable bonds is 38. The molecule has 3 atom stereocenters. The quantitative estimate of drug-likeness (QED) is 0.0239. The zero-order valence-corrected chi connectivity index (χ0v) is 34.0. The van der Waals surface area contributed by atoms with Crippen molar-refractivity contribution in [3.8, 4) is 0 Å². The molecular formula is C42H74NO9P. The first kappa shape index (κ1) is 50.7. The fraction of sp³-hybridized carbons (Fsp3) is 0.714. The van der Waals surface area contributed by atoms with E-state index >= 15 is 0 Å². The van der Waals surface area contributed by atoms with E-state index in [9.17, 15) is 19.0 Å². The van der Waals surface area contributed by atoms with Crippen LogP contribution in [0.3, 0.4) is 0 Å². The second kappa shape index (κ2) is 38.0. The SMILES string of the molecule is CC/C=C\C/C=C\C/C=C\CCCCCCCCCCOCC(COP(=O)(O)OCC(N)C(=O)O)OC(=O)CCCCCCC/C=C\C/C=C\CCC. The molecule has 3 unspecified atom stereocenters. The van der Waals surface area contributed by atoms with Crippen molar-refractivity contribution in [2.24, 2.45) is 5.73 Å². The standard InChI is InChI=1S/C42H74NO9P/c1-3-5-7-9-11-13-15-17-18-19-20-21-23-25-27-29-31-33-35-49-36-39(37-50-53(47,48)51-38-40(43)42(45)46)52-41(44)34-32-30-28-26-24-22-16-14-12-10-8-6-4-2/h5,7-8,10-11,13-14,16-18,39-40H,3-4,6,9,12,15,19-38,43H2,1-2H3,(H,45,46)(H,47,48)/b7-5-,10-8-,13-11-,16-14-,18-17-. The second-order valence-corrected chi connectivity index (χ2v) is 14.8. The number of aliphatic carboxylic acids is 1. The summed E-state index contributed by atoms with van der Waals surface area (Å²) in [4.78, 5) is 33.4. The largest absolute Gasteiger partial charge is 0.480 e. The van der Waals surface area contributed by atoms with Gasteiger partial charge in [0.2, 0.25) is 0 Å². The van der Waals surface area contributed by atoms with Gasteiger partial charge in [0.25, 0.3) is 0 Å². The predicted molar refractivity (Wildman–Crippen MR) is 217 cm³/mol. The summed E-state index contributed by atoms with van der Waals surface area (Å²) < 4.78 is 33.3. The van der Waals surface area contributed by atoms with Crippen LogP contribution in [-0.4, -0.2) is 60.5 Å². The van der Waals surface area contributed by atoms with E-state index < -0.39 is 45.1 Å². The van der Waals surface area contributed by atoms with Crippen molar-refractivity contribution >= 4 is 19.8 Å². The molecule has 0 aromatic carbocycles. The molecule has 0 saturated carbocycles. The van der Waals surface area contributed by atoms with Crippen LogP contribution in [0.5, 0.6) is 0 Å². The minimum Gasteiger partial charge on any atom is -0.480 e. The van der Waals surface area contributed by atoms with Gasteiger partial charge in [-0.2, -0.15) is 0 Å². The molecule has 0 aromatic heterocycles. The number of hydrogen-bond acceptors (Lipinski definition) is 8. The lowest BCUT2D eigenvalue weighted by atomic mass is 10.1. The molecule has 0 aromatic rings. The molecular weight excluding hydrogens is 693 g/mol. The van der Waals surface area contributed by atoms with Crippen molar-refractivity contribution < 1.29 is 42.7 Å². The van der Waals surface area contributed by atoms with Gasteiger partial charge < -0.3 is 25.2 Å². The van der Waals surface area contributed by atoms with E-state index in [1.54, 1.807) is 0 Å². The summed E-state index contributed by atoms with van der Waals surface area (Å²) in [7, 11) is -4.62. The lowest BCUT2D eigenvalue weighted by Crippen LogP contribution is -2.34. The highest BCUT2D eigenvalue weighted by Gasteiger charge is 2.27. The highest BCUT2D eigenvalue weighted by Crippen LogP contribution is 2.43. The zero-order chi connectivity index (χ0) is 39.1. The highest BCUT2D eigenvalue weighted by atomic mass is 31.2. The number of unbranched alkanes of at least 4 members (excludes halogenated alkanes) is 14. The molecule has 11 heteroatoms. The van der Waals surface area contributed by atoms with E-state index in [1.807, 2.05) is 0 Å². The van der Waals surface area contributed by atoms with Gasteiger partial charge in [0.05, 0.1) is 19.8 Å². The zero-order valence-electron chi connectivity index (χ0n) is 33.1. The number of hydrogen-bond donors (Lipinski definition) is 3. The van der Waals surface area contributed by atoms with Crippen molar-refractivity contribution in [2.45, 2.75) is 167 Å². The number of nitrogens with two attached hydrogens (primary N) is 1. The molecule has 0 aliphatic heterocycles. The topological polar surface area (TPSA) is 155 Å². The Hall–Kier alpha value is -2.33. The van der Waals surface area contributed by atoms with E-state index in [4.69, 9.17) is 29.4 Å². The number of esters is 1. The van der Waals surface area contributed by atoms with Crippen LogP contribution in [0.25, 0.3) is 0 Å². The van der Waals surface area contributed by atoms with Crippen LogP contribution in [0.2, 0.25) is 0 Å². The van der Waals surface area contributed by atoms with E-state index in [0.29, 0.717) is 13.0 Å². The Morgan fingerprint density at radius 3 is 1.64 bits per heavy atom. The first-order valence-electron chi connectivity index (χ1n) is 20.3. The number of ether oxygens (including phenoxy) is 2. The molecule has 0 aliphatic carbocycles. The molecule has 53 heavy (non-hydrogen) atoms. The van der Waals surface area contributed by atoms with Gasteiger partial charge in [-0.25, -0.2) is 4.57 Å². The number of allylic oxidation sites excluding steroid dienone is 10. The van der Waals surface area contributed by atoms with Crippen molar-refractivity contribution in [1.82, 2.24) is 0 Å². The average Bonchev–Trinajstić information content (AvgIpc) is 3.13. The van der Waals surface area contributed by atoms with Gasteiger partial charge in [0.15, 0.2) is 0 Å². The number of carbonyl (C=O) groups excluding carboxylic acids is 1. The van der Waals surface area contributed by atoms with Gasteiger partial charge in [-0.15, -0.1) is 0 Å². The fourth-order valence-corrected chi connectivity index (χ4v) is 5.90. The Bertz CT molecular complexity index is 1070. The van der Waals surface area contributed by atoms with E-state index in [0.717, 1.165) is 89.9 Å². The maximum absolute atomic E-state index is 12.6. The number of carboxylic acid groups (broad SMARTS) is 1. The molecule has 0 amide bonds. The van der Waals surface area contributed by atoms with E-state index in [2.05, 4.69) is 74.6 Å². The van der Waals surface area contributed by atoms with Crippen LogP contribution in [0.1, 0.15) is 155 Å². The third-order valence-electron chi connectivity index (χ3n) is 8.26. The number of carboxylic acids is 1. The molecule has 10 nitrogen and oxygen atoms in total. The van der Waals surface area contributed by atoms with Crippen molar-refractivity contribution in [3.05, 3.63) is 60.8 Å². The summed E-state index contributed by atoms with van der Waals surface area (Å²) in [5.74, 6) is -1.80. The highest BCUT2D eigenvalue weighted by molar-refractivity contribution is 7.47. The molecule has 0 aliphatic rings. The molecule has 306 valence electrons. The number of phosphoric ester groups is 1. The number of carbonyl (C=O) groups is 2. The van der Waals surface area contributed by atoms with Gasteiger partial charge in [-0.3, -0.25) is 18.6 Å². The molecule has 0 heterocycles. The Kier molecular flexibility index (Phi) is 36.3. The maximum atomic E-state index is 12.6. The minimum absolute atomic E-state index is 0.00330. The smallest absolute Gasteiger partial charge is 0.472 e. The van der Waals surface area contributed by atoms with Crippen LogP contribution >= 0.6 is 7.82 Å². The first-order chi connectivity index (χ1) is 25.7. The normalized spacial score (nSPS) is 14.6. The summed E-state index contributed by atoms with van der Waals surface area (Å²) in [5.41, 5.74) is 5.34. The lowest BCUT2D eigenvalue weighted by molar-refractivity contribution is -0.154. The summed E-state index contributed by atoms with van der Waals surface area (Å²) in [6.07, 6.45) is 44.1. The summed E-state index contributed by atoms with van der Waals surface area (Å²) in [5, 5.41) is 8.88. The Balaban J connectivity index is 4.29. The molecule has 4 N–H and O–H groups in total. The van der Waals surface area contributed by atoms with Gasteiger partial charge in [0, 0.05) is 13.0 Å². The third kappa shape index (κ3) is 37.8. The van der Waals surface area contributed by atoms with E-state index in [-0.39, 0.29) is 13.0 Å². The predicted octanol–water partition coefficient (Wildman–Crippen LogP) is 10.9. The summed E-state index contributed by atoms with van der Waals surface area (Å²) in [6, 6.07) is -1.48. The average molecular weight is 768 g/mol. The Morgan fingerprint density at radius 2 is 1.09 bits per heavy atom. The fourth-order valence-electron chi connectivity index (χ4n) is 5.12. The first-order valence-corrected chi connectivity index (χ1v) is 21.8. The Morgan fingerprint density at radius 1 is 0.623 bits per heavy atom. The molecule has 0 bridgehead atoms.